The molecular formula is C18H8Cl2F3N3O3S. The van der Waals surface area contributed by atoms with Crippen LogP contribution < -0.4 is 0 Å². The number of carbonyl (C=O) groups is 1. The van der Waals surface area contributed by atoms with Crippen LogP contribution in [-0.2, 0) is 6.18 Å². The van der Waals surface area contributed by atoms with E-state index in [1.54, 1.807) is 30.3 Å². The summed E-state index contributed by atoms with van der Waals surface area (Å²) < 4.78 is 46.4. The highest BCUT2D eigenvalue weighted by atomic mass is 35.5. The minimum absolute atomic E-state index is 0.160. The molecule has 3 aromatic heterocycles. The maximum absolute atomic E-state index is 13.4. The molecule has 0 saturated heterocycles. The first-order valence-corrected chi connectivity index (χ1v) is 9.68. The lowest BCUT2D eigenvalue weighted by molar-refractivity contribution is -0.143. The van der Waals surface area contributed by atoms with Gasteiger partial charge in [0.25, 0.3) is 0 Å². The van der Waals surface area contributed by atoms with Gasteiger partial charge >= 0.3 is 12.1 Å². The van der Waals surface area contributed by atoms with E-state index in [-0.39, 0.29) is 16.6 Å². The van der Waals surface area contributed by atoms with Crippen molar-refractivity contribution in [2.45, 2.75) is 6.18 Å². The standard InChI is InChI=1S/C18H8Cl2F3N3O3S/c19-8-1-2-9(11(20)5-8)13-3-4-14(29-13)12-7-30-17(25-12)26-15(18(21,22)23)10(6-24-26)16(27)28/h1-7H,(H,27,28). The number of hydrogen-bond donors (Lipinski definition) is 1. The quantitative estimate of drug-likeness (QED) is 0.377. The second kappa shape index (κ2) is 7.46. The maximum Gasteiger partial charge on any atom is 0.434 e. The molecule has 154 valence electrons. The van der Waals surface area contributed by atoms with Crippen LogP contribution in [0.1, 0.15) is 16.1 Å². The number of hydrogen-bond acceptors (Lipinski definition) is 5. The SMILES string of the molecule is O=C(O)c1cnn(-c2nc(-c3ccc(-c4ccc(Cl)cc4Cl)o3)cs2)c1C(F)(F)F. The molecule has 0 fully saturated rings. The third kappa shape index (κ3) is 3.69. The molecule has 0 aliphatic rings. The fourth-order valence-corrected chi connectivity index (χ4v) is 3.98. The lowest BCUT2D eigenvalue weighted by Gasteiger charge is -2.09. The summed E-state index contributed by atoms with van der Waals surface area (Å²) in [5.74, 6) is -1.02. The number of thiazole rings is 1. The van der Waals surface area contributed by atoms with E-state index in [0.717, 1.165) is 11.3 Å². The lowest BCUT2D eigenvalue weighted by Crippen LogP contribution is -2.17. The summed E-state index contributed by atoms with van der Waals surface area (Å²) in [5.41, 5.74) is -1.53. The molecule has 0 aliphatic heterocycles. The Kier molecular flexibility index (Phi) is 5.08. The van der Waals surface area contributed by atoms with Crippen molar-refractivity contribution in [2.24, 2.45) is 0 Å². The molecule has 1 N–H and O–H groups in total. The van der Waals surface area contributed by atoms with Crippen molar-refractivity contribution >= 4 is 40.5 Å². The Morgan fingerprint density at radius 3 is 2.57 bits per heavy atom. The molecule has 0 saturated carbocycles. The van der Waals surface area contributed by atoms with E-state index < -0.39 is 23.4 Å². The van der Waals surface area contributed by atoms with E-state index in [1.807, 2.05) is 0 Å². The van der Waals surface area contributed by atoms with Crippen molar-refractivity contribution in [1.82, 2.24) is 14.8 Å². The first-order chi connectivity index (χ1) is 14.1. The molecular weight excluding hydrogens is 466 g/mol. The molecule has 0 atom stereocenters. The normalized spacial score (nSPS) is 11.8. The topological polar surface area (TPSA) is 81.1 Å². The number of benzene rings is 1. The van der Waals surface area contributed by atoms with Crippen molar-refractivity contribution in [1.29, 1.82) is 0 Å². The lowest BCUT2D eigenvalue weighted by atomic mass is 10.2. The van der Waals surface area contributed by atoms with Gasteiger partial charge in [-0.05, 0) is 30.3 Å². The molecule has 1 aromatic carbocycles. The summed E-state index contributed by atoms with van der Waals surface area (Å²) in [6, 6.07) is 8.10. The summed E-state index contributed by atoms with van der Waals surface area (Å²) >= 11 is 12.9. The van der Waals surface area contributed by atoms with Crippen molar-refractivity contribution in [3.8, 4) is 27.9 Å². The van der Waals surface area contributed by atoms with Gasteiger partial charge in [0, 0.05) is 16.0 Å². The van der Waals surface area contributed by atoms with Gasteiger partial charge in [-0.1, -0.05) is 23.2 Å². The highest BCUT2D eigenvalue weighted by molar-refractivity contribution is 7.12. The zero-order valence-electron chi connectivity index (χ0n) is 14.4. The van der Waals surface area contributed by atoms with E-state index in [4.69, 9.17) is 32.7 Å². The molecule has 3 heterocycles. The van der Waals surface area contributed by atoms with Gasteiger partial charge in [0.2, 0.25) is 5.13 Å². The summed E-state index contributed by atoms with van der Waals surface area (Å²) in [6.45, 7) is 0. The molecule has 0 amide bonds. The van der Waals surface area contributed by atoms with E-state index in [1.165, 1.54) is 5.38 Å². The molecule has 4 rings (SSSR count). The predicted octanol–water partition coefficient (Wildman–Crippen LogP) is 6.28. The Labute approximate surface area is 180 Å². The van der Waals surface area contributed by atoms with Crippen LogP contribution in [0.3, 0.4) is 0 Å². The van der Waals surface area contributed by atoms with E-state index in [9.17, 15) is 18.0 Å². The molecule has 0 unspecified atom stereocenters. The van der Waals surface area contributed by atoms with Gasteiger partial charge < -0.3 is 9.52 Å². The Balaban J connectivity index is 1.71. The van der Waals surface area contributed by atoms with Crippen molar-refractivity contribution < 1.29 is 27.5 Å². The van der Waals surface area contributed by atoms with Crippen LogP contribution in [0.4, 0.5) is 13.2 Å². The third-order valence-electron chi connectivity index (χ3n) is 4.00. The second-order valence-corrected chi connectivity index (χ2v) is 7.61. The zero-order chi connectivity index (χ0) is 21.6. The van der Waals surface area contributed by atoms with Crippen molar-refractivity contribution in [2.75, 3.05) is 0 Å². The fourth-order valence-electron chi connectivity index (χ4n) is 2.71. The van der Waals surface area contributed by atoms with Crippen LogP contribution >= 0.6 is 34.5 Å². The maximum atomic E-state index is 13.4. The minimum atomic E-state index is -4.93. The van der Waals surface area contributed by atoms with Gasteiger partial charge in [0.05, 0.1) is 11.2 Å². The van der Waals surface area contributed by atoms with Crippen LogP contribution in [-0.4, -0.2) is 25.8 Å². The Bertz CT molecular complexity index is 1260. The van der Waals surface area contributed by atoms with Gasteiger partial charge in [-0.15, -0.1) is 11.3 Å². The summed E-state index contributed by atoms with van der Waals surface area (Å²) in [5, 5.41) is 14.7. The van der Waals surface area contributed by atoms with Crippen LogP contribution in [0, 0.1) is 0 Å². The van der Waals surface area contributed by atoms with E-state index >= 15 is 0 Å². The number of alkyl halides is 3. The molecule has 30 heavy (non-hydrogen) atoms. The summed E-state index contributed by atoms with van der Waals surface area (Å²) in [7, 11) is 0. The van der Waals surface area contributed by atoms with Gasteiger partial charge in [0.1, 0.15) is 17.0 Å². The smallest absolute Gasteiger partial charge is 0.434 e. The number of carboxylic acids is 1. The Morgan fingerprint density at radius 2 is 1.90 bits per heavy atom. The molecule has 6 nitrogen and oxygen atoms in total. The number of carboxylic acid groups (broad SMARTS) is 1. The van der Waals surface area contributed by atoms with Crippen LogP contribution in [0.25, 0.3) is 27.9 Å². The predicted molar refractivity (Wildman–Crippen MR) is 104 cm³/mol. The van der Waals surface area contributed by atoms with Crippen LogP contribution in [0.15, 0.2) is 46.3 Å². The largest absolute Gasteiger partial charge is 0.478 e. The number of rotatable bonds is 4. The molecule has 0 radical (unpaired) electrons. The average Bonchev–Trinajstić information content (AvgIpc) is 3.39. The molecule has 12 heteroatoms. The Morgan fingerprint density at radius 1 is 1.17 bits per heavy atom. The number of aromatic carboxylic acids is 1. The van der Waals surface area contributed by atoms with Crippen molar-refractivity contribution in [3.05, 3.63) is 63.2 Å². The van der Waals surface area contributed by atoms with E-state index in [2.05, 4.69) is 10.1 Å². The van der Waals surface area contributed by atoms with Crippen molar-refractivity contribution in [3.63, 3.8) is 0 Å². The summed E-state index contributed by atoms with van der Waals surface area (Å²) in [4.78, 5) is 15.2. The van der Waals surface area contributed by atoms with Gasteiger partial charge in [-0.3, -0.25) is 0 Å². The zero-order valence-corrected chi connectivity index (χ0v) is 16.8. The Hall–Kier alpha value is -2.82. The highest BCUT2D eigenvalue weighted by Crippen LogP contribution is 2.37. The third-order valence-corrected chi connectivity index (χ3v) is 5.36. The van der Waals surface area contributed by atoms with E-state index in [0.29, 0.717) is 32.2 Å². The summed E-state index contributed by atoms with van der Waals surface area (Å²) in [6.07, 6.45) is -4.29. The number of halogens is 5. The fraction of sp³-hybridized carbons (Fsp3) is 0.0556. The van der Waals surface area contributed by atoms with Crippen LogP contribution in [0.2, 0.25) is 10.0 Å². The molecule has 0 aliphatic carbocycles. The average molecular weight is 474 g/mol. The molecule has 0 bridgehead atoms. The number of aromatic nitrogens is 3. The first-order valence-electron chi connectivity index (χ1n) is 8.05. The first kappa shape index (κ1) is 20.5. The second-order valence-electron chi connectivity index (χ2n) is 5.92. The monoisotopic (exact) mass is 473 g/mol. The number of furan rings is 1. The highest BCUT2D eigenvalue weighted by Gasteiger charge is 2.41. The molecule has 4 aromatic rings. The van der Waals surface area contributed by atoms with Crippen LogP contribution in [0.5, 0.6) is 0 Å². The van der Waals surface area contributed by atoms with Gasteiger partial charge in [0.15, 0.2) is 11.5 Å². The number of nitrogens with zero attached hydrogens (tertiary/aromatic N) is 3. The molecule has 0 spiro atoms. The minimum Gasteiger partial charge on any atom is -0.478 e. The van der Waals surface area contributed by atoms with Gasteiger partial charge in [-0.25, -0.2) is 14.5 Å². The van der Waals surface area contributed by atoms with Gasteiger partial charge in [-0.2, -0.15) is 18.3 Å².